The Morgan fingerprint density at radius 1 is 1.29 bits per heavy atom. The number of urea groups is 1. The Morgan fingerprint density at radius 2 is 2.05 bits per heavy atom. The van der Waals surface area contributed by atoms with Crippen LogP contribution in [-0.2, 0) is 11.3 Å². The summed E-state index contributed by atoms with van der Waals surface area (Å²) in [6.45, 7) is 0.105. The molecule has 1 aromatic rings. The van der Waals surface area contributed by atoms with Gasteiger partial charge < -0.3 is 15.7 Å². The topological polar surface area (TPSA) is 78.4 Å². The van der Waals surface area contributed by atoms with Crippen LogP contribution in [0.3, 0.4) is 0 Å². The molecule has 0 aromatic heterocycles. The molecular formula is C15H19FN2O3. The highest BCUT2D eigenvalue weighted by Gasteiger charge is 2.27. The summed E-state index contributed by atoms with van der Waals surface area (Å²) in [6.07, 6.45) is 2.67. The largest absolute Gasteiger partial charge is 0.481 e. The van der Waals surface area contributed by atoms with Crippen LogP contribution in [0, 0.1) is 11.7 Å². The molecule has 1 aliphatic rings. The lowest BCUT2D eigenvalue weighted by Crippen LogP contribution is -2.44. The molecule has 1 aliphatic carbocycles. The minimum atomic E-state index is -0.812. The lowest BCUT2D eigenvalue weighted by Gasteiger charge is -2.27. The minimum Gasteiger partial charge on any atom is -0.481 e. The molecule has 1 saturated carbocycles. The van der Waals surface area contributed by atoms with E-state index in [4.69, 9.17) is 5.11 Å². The molecule has 0 radical (unpaired) electrons. The molecule has 2 amide bonds. The van der Waals surface area contributed by atoms with Crippen LogP contribution in [0.4, 0.5) is 9.18 Å². The summed E-state index contributed by atoms with van der Waals surface area (Å²) >= 11 is 0. The summed E-state index contributed by atoms with van der Waals surface area (Å²) in [5.41, 5.74) is 0.416. The van der Waals surface area contributed by atoms with Gasteiger partial charge in [0.2, 0.25) is 0 Å². The number of hydrogen-bond acceptors (Lipinski definition) is 2. The number of halogens is 1. The highest BCUT2D eigenvalue weighted by molar-refractivity contribution is 5.74. The van der Waals surface area contributed by atoms with Crippen LogP contribution in [0.2, 0.25) is 0 Å². The molecule has 2 rings (SSSR count). The van der Waals surface area contributed by atoms with Gasteiger partial charge in [-0.15, -0.1) is 0 Å². The second-order valence-corrected chi connectivity index (χ2v) is 5.32. The average Bonchev–Trinajstić information content (AvgIpc) is 2.46. The van der Waals surface area contributed by atoms with Crippen LogP contribution in [-0.4, -0.2) is 23.1 Å². The molecule has 3 N–H and O–H groups in total. The first-order valence-electron chi connectivity index (χ1n) is 7.07. The summed E-state index contributed by atoms with van der Waals surface area (Å²) in [4.78, 5) is 22.7. The SMILES string of the molecule is O=C(NCc1ccccc1F)NC1CCCC(C(=O)O)C1. The normalized spacial score (nSPS) is 21.6. The molecule has 5 nitrogen and oxygen atoms in total. The first kappa shape index (κ1) is 15.3. The van der Waals surface area contributed by atoms with Crippen LogP contribution in [0.25, 0.3) is 0 Å². The number of rotatable bonds is 4. The first-order chi connectivity index (χ1) is 10.1. The van der Waals surface area contributed by atoms with Crippen molar-refractivity contribution in [3.63, 3.8) is 0 Å². The van der Waals surface area contributed by atoms with Crippen molar-refractivity contribution in [2.75, 3.05) is 0 Å². The van der Waals surface area contributed by atoms with Gasteiger partial charge in [-0.1, -0.05) is 24.6 Å². The van der Waals surface area contributed by atoms with Crippen molar-refractivity contribution in [1.29, 1.82) is 0 Å². The van der Waals surface area contributed by atoms with Crippen LogP contribution in [0.5, 0.6) is 0 Å². The Bertz CT molecular complexity index is 521. The van der Waals surface area contributed by atoms with Gasteiger partial charge in [-0.3, -0.25) is 4.79 Å². The van der Waals surface area contributed by atoms with Gasteiger partial charge >= 0.3 is 12.0 Å². The standard InChI is InChI=1S/C15H19FN2O3/c16-13-7-2-1-4-11(13)9-17-15(21)18-12-6-3-5-10(8-12)14(19)20/h1-2,4,7,10,12H,3,5-6,8-9H2,(H,19,20)(H2,17,18,21). The van der Waals surface area contributed by atoms with Crippen molar-refractivity contribution in [3.05, 3.63) is 35.6 Å². The van der Waals surface area contributed by atoms with Gasteiger partial charge in [-0.25, -0.2) is 9.18 Å². The van der Waals surface area contributed by atoms with E-state index in [0.29, 0.717) is 18.4 Å². The van der Waals surface area contributed by atoms with E-state index in [1.54, 1.807) is 18.2 Å². The maximum absolute atomic E-state index is 13.4. The molecule has 114 valence electrons. The number of benzene rings is 1. The highest BCUT2D eigenvalue weighted by Crippen LogP contribution is 2.24. The van der Waals surface area contributed by atoms with E-state index < -0.39 is 17.9 Å². The van der Waals surface area contributed by atoms with Gasteiger partial charge in [-0.05, 0) is 25.3 Å². The number of hydrogen-bond donors (Lipinski definition) is 3. The quantitative estimate of drug-likeness (QED) is 0.797. The Hall–Kier alpha value is -2.11. The Kier molecular flexibility index (Phi) is 5.14. The van der Waals surface area contributed by atoms with Crippen LogP contribution in [0.15, 0.2) is 24.3 Å². The lowest BCUT2D eigenvalue weighted by atomic mass is 9.86. The van der Waals surface area contributed by atoms with E-state index in [-0.39, 0.29) is 18.4 Å². The molecule has 21 heavy (non-hydrogen) atoms. The van der Waals surface area contributed by atoms with Crippen molar-refractivity contribution in [2.24, 2.45) is 5.92 Å². The Balaban J connectivity index is 1.79. The molecule has 1 aromatic carbocycles. The minimum absolute atomic E-state index is 0.105. The molecule has 6 heteroatoms. The van der Waals surface area contributed by atoms with Crippen molar-refractivity contribution < 1.29 is 19.1 Å². The molecule has 0 aliphatic heterocycles. The van der Waals surface area contributed by atoms with Crippen LogP contribution >= 0.6 is 0 Å². The van der Waals surface area contributed by atoms with Crippen molar-refractivity contribution in [2.45, 2.75) is 38.3 Å². The highest BCUT2D eigenvalue weighted by atomic mass is 19.1. The molecular weight excluding hydrogens is 275 g/mol. The Labute approximate surface area is 122 Å². The zero-order valence-corrected chi connectivity index (χ0v) is 11.6. The number of carboxylic acids is 1. The zero-order chi connectivity index (χ0) is 15.2. The zero-order valence-electron chi connectivity index (χ0n) is 11.6. The average molecular weight is 294 g/mol. The summed E-state index contributed by atoms with van der Waals surface area (Å²) in [5, 5.41) is 14.4. The van der Waals surface area contributed by atoms with Crippen molar-refractivity contribution >= 4 is 12.0 Å². The third-order valence-electron chi connectivity index (χ3n) is 3.76. The third-order valence-corrected chi connectivity index (χ3v) is 3.76. The molecule has 0 heterocycles. The number of carboxylic acid groups (broad SMARTS) is 1. The van der Waals surface area contributed by atoms with E-state index in [1.165, 1.54) is 6.07 Å². The molecule has 0 spiro atoms. The lowest BCUT2D eigenvalue weighted by molar-refractivity contribution is -0.143. The molecule has 1 fully saturated rings. The Morgan fingerprint density at radius 3 is 2.76 bits per heavy atom. The van der Waals surface area contributed by atoms with Gasteiger partial charge in [0, 0.05) is 18.2 Å². The molecule has 0 saturated heterocycles. The predicted molar refractivity (Wildman–Crippen MR) is 75.2 cm³/mol. The van der Waals surface area contributed by atoms with E-state index in [1.807, 2.05) is 0 Å². The fourth-order valence-corrected chi connectivity index (χ4v) is 2.60. The first-order valence-corrected chi connectivity index (χ1v) is 7.07. The maximum Gasteiger partial charge on any atom is 0.315 e. The number of aliphatic carboxylic acids is 1. The van der Waals surface area contributed by atoms with Gasteiger partial charge in [-0.2, -0.15) is 0 Å². The number of amides is 2. The molecule has 0 bridgehead atoms. The van der Waals surface area contributed by atoms with Gasteiger partial charge in [0.1, 0.15) is 5.82 Å². The van der Waals surface area contributed by atoms with Gasteiger partial charge in [0.25, 0.3) is 0 Å². The predicted octanol–water partition coefficient (Wildman–Crippen LogP) is 2.27. The smallest absolute Gasteiger partial charge is 0.315 e. The number of carbonyl (C=O) groups is 2. The van der Waals surface area contributed by atoms with Crippen molar-refractivity contribution in [1.82, 2.24) is 10.6 Å². The van der Waals surface area contributed by atoms with E-state index >= 15 is 0 Å². The van der Waals surface area contributed by atoms with Gasteiger partial charge in [0.15, 0.2) is 0 Å². The maximum atomic E-state index is 13.4. The van der Waals surface area contributed by atoms with Crippen LogP contribution < -0.4 is 10.6 Å². The molecule has 2 atom stereocenters. The molecule has 2 unspecified atom stereocenters. The monoisotopic (exact) mass is 294 g/mol. The summed E-state index contributed by atoms with van der Waals surface area (Å²) < 4.78 is 13.4. The summed E-state index contributed by atoms with van der Waals surface area (Å²) in [7, 11) is 0. The summed E-state index contributed by atoms with van der Waals surface area (Å²) in [5.74, 6) is -1.56. The fraction of sp³-hybridized carbons (Fsp3) is 0.467. The van der Waals surface area contributed by atoms with E-state index in [9.17, 15) is 14.0 Å². The second-order valence-electron chi connectivity index (χ2n) is 5.32. The summed E-state index contributed by atoms with van der Waals surface area (Å²) in [6, 6.07) is 5.71. The van der Waals surface area contributed by atoms with E-state index in [0.717, 1.165) is 12.8 Å². The number of carbonyl (C=O) groups excluding carboxylic acids is 1. The third kappa shape index (κ3) is 4.44. The fourth-order valence-electron chi connectivity index (χ4n) is 2.60. The number of nitrogens with one attached hydrogen (secondary N) is 2. The van der Waals surface area contributed by atoms with Gasteiger partial charge in [0.05, 0.1) is 5.92 Å². The van der Waals surface area contributed by atoms with Crippen molar-refractivity contribution in [3.8, 4) is 0 Å². The van der Waals surface area contributed by atoms with E-state index in [2.05, 4.69) is 10.6 Å². The second kappa shape index (κ2) is 7.06. The van der Waals surface area contributed by atoms with Crippen LogP contribution in [0.1, 0.15) is 31.2 Å².